The van der Waals surface area contributed by atoms with Crippen LogP contribution in [0, 0.1) is 0 Å². The van der Waals surface area contributed by atoms with E-state index in [4.69, 9.17) is 0 Å². The van der Waals surface area contributed by atoms with Gasteiger partial charge in [0.15, 0.2) is 0 Å². The lowest BCUT2D eigenvalue weighted by Crippen LogP contribution is -2.35. The molecule has 0 bridgehead atoms. The van der Waals surface area contributed by atoms with E-state index in [0.717, 1.165) is 37.7 Å². The van der Waals surface area contributed by atoms with Gasteiger partial charge in [-0.3, -0.25) is 9.03 Å². The third-order valence-corrected chi connectivity index (χ3v) is 7.86. The summed E-state index contributed by atoms with van der Waals surface area (Å²) in [6, 6.07) is 5.20. The molecule has 1 saturated carbocycles. The zero-order valence-electron chi connectivity index (χ0n) is 13.9. The van der Waals surface area contributed by atoms with E-state index in [1.54, 1.807) is 12.1 Å². The van der Waals surface area contributed by atoms with E-state index in [1.165, 1.54) is 10.6 Å². The van der Waals surface area contributed by atoms with Crippen molar-refractivity contribution < 1.29 is 16.8 Å². The highest BCUT2D eigenvalue weighted by Gasteiger charge is 2.28. The molecule has 1 aliphatic heterocycles. The lowest BCUT2D eigenvalue weighted by Gasteiger charge is -2.30. The Balaban J connectivity index is 1.88. The van der Waals surface area contributed by atoms with Crippen LogP contribution in [0.4, 0.5) is 11.4 Å². The second-order valence-electron chi connectivity index (χ2n) is 6.69. The Bertz CT molecular complexity index is 812. The van der Waals surface area contributed by atoms with Crippen LogP contribution in [0.5, 0.6) is 0 Å². The van der Waals surface area contributed by atoms with Gasteiger partial charge in [-0.1, -0.05) is 25.3 Å². The summed E-state index contributed by atoms with van der Waals surface area (Å²) in [5.74, 6) is 0. The van der Waals surface area contributed by atoms with Crippen LogP contribution in [-0.4, -0.2) is 34.9 Å². The van der Waals surface area contributed by atoms with Gasteiger partial charge in [-0.15, -0.1) is 0 Å². The lowest BCUT2D eigenvalue weighted by atomic mass is 10.0. The van der Waals surface area contributed by atoms with Gasteiger partial charge in [-0.2, -0.15) is 0 Å². The van der Waals surface area contributed by atoms with Crippen LogP contribution in [-0.2, 0) is 26.5 Å². The van der Waals surface area contributed by atoms with Crippen molar-refractivity contribution in [1.82, 2.24) is 0 Å². The lowest BCUT2D eigenvalue weighted by molar-refractivity contribution is 0.486. The Hall–Kier alpha value is -1.28. The van der Waals surface area contributed by atoms with Crippen LogP contribution in [0.15, 0.2) is 18.2 Å². The van der Waals surface area contributed by atoms with Crippen molar-refractivity contribution in [3.63, 3.8) is 0 Å². The third kappa shape index (κ3) is 3.69. The van der Waals surface area contributed by atoms with Crippen molar-refractivity contribution in [1.29, 1.82) is 0 Å². The van der Waals surface area contributed by atoms with Gasteiger partial charge < -0.3 is 0 Å². The summed E-state index contributed by atoms with van der Waals surface area (Å²) in [5.41, 5.74) is 1.97. The first kappa shape index (κ1) is 17.5. The van der Waals surface area contributed by atoms with Crippen molar-refractivity contribution in [3.8, 4) is 0 Å². The minimum atomic E-state index is -3.43. The summed E-state index contributed by atoms with van der Waals surface area (Å²) in [6.45, 7) is 0.435. The summed E-state index contributed by atoms with van der Waals surface area (Å²) in [5, 5.41) is -0.353. The maximum atomic E-state index is 12.6. The summed E-state index contributed by atoms with van der Waals surface area (Å²) in [6.07, 6.45) is 7.11. The Morgan fingerprint density at radius 3 is 2.42 bits per heavy atom. The van der Waals surface area contributed by atoms with Crippen LogP contribution in [0.2, 0.25) is 0 Å². The maximum Gasteiger partial charge on any atom is 0.235 e. The third-order valence-electron chi connectivity index (χ3n) is 4.81. The predicted octanol–water partition coefficient (Wildman–Crippen LogP) is 2.47. The van der Waals surface area contributed by atoms with E-state index in [9.17, 15) is 16.8 Å². The Morgan fingerprint density at radius 2 is 1.75 bits per heavy atom. The van der Waals surface area contributed by atoms with E-state index < -0.39 is 20.0 Å². The molecular weight excluding hydrogens is 348 g/mol. The van der Waals surface area contributed by atoms with Crippen LogP contribution in [0.1, 0.15) is 44.1 Å². The molecule has 24 heavy (non-hydrogen) atoms. The molecule has 1 heterocycles. The number of nitrogens with zero attached hydrogens (tertiary/aromatic N) is 1. The van der Waals surface area contributed by atoms with Gasteiger partial charge >= 0.3 is 0 Å². The van der Waals surface area contributed by atoms with Crippen LogP contribution < -0.4 is 9.03 Å². The average Bonchev–Trinajstić information content (AvgIpc) is 2.54. The van der Waals surface area contributed by atoms with Crippen molar-refractivity contribution >= 4 is 31.4 Å². The highest BCUT2D eigenvalue weighted by atomic mass is 32.2. The van der Waals surface area contributed by atoms with Crippen LogP contribution in [0.3, 0.4) is 0 Å². The molecule has 0 atom stereocenters. The van der Waals surface area contributed by atoms with Gasteiger partial charge in [0.2, 0.25) is 20.0 Å². The smallest absolute Gasteiger partial charge is 0.235 e. The van der Waals surface area contributed by atoms with Gasteiger partial charge in [0.25, 0.3) is 0 Å². The predicted molar refractivity (Wildman–Crippen MR) is 96.4 cm³/mol. The van der Waals surface area contributed by atoms with Crippen molar-refractivity contribution in [3.05, 3.63) is 23.8 Å². The fourth-order valence-electron chi connectivity index (χ4n) is 3.57. The van der Waals surface area contributed by atoms with E-state index in [2.05, 4.69) is 4.72 Å². The molecular formula is C16H24N2O4S2. The Kier molecular flexibility index (Phi) is 4.79. The molecule has 1 aromatic carbocycles. The van der Waals surface area contributed by atoms with E-state index in [1.807, 2.05) is 6.07 Å². The monoisotopic (exact) mass is 372 g/mol. The number of sulfonamides is 2. The van der Waals surface area contributed by atoms with Gasteiger partial charge in [0, 0.05) is 6.54 Å². The fraction of sp³-hybridized carbons (Fsp3) is 0.625. The molecule has 134 valence electrons. The Labute approximate surface area is 144 Å². The number of fused-ring (bicyclic) bond motifs is 1. The molecule has 1 aliphatic carbocycles. The molecule has 0 aromatic heterocycles. The fourth-order valence-corrected chi connectivity index (χ4v) is 6.14. The second kappa shape index (κ2) is 6.55. The van der Waals surface area contributed by atoms with Gasteiger partial charge in [0.05, 0.1) is 22.9 Å². The second-order valence-corrected chi connectivity index (χ2v) is 10.6. The van der Waals surface area contributed by atoms with Gasteiger partial charge in [0.1, 0.15) is 0 Å². The molecule has 1 N–H and O–H groups in total. The van der Waals surface area contributed by atoms with E-state index in [0.29, 0.717) is 30.8 Å². The van der Waals surface area contributed by atoms with Crippen molar-refractivity contribution in [2.75, 3.05) is 21.8 Å². The average molecular weight is 373 g/mol. The Morgan fingerprint density at radius 1 is 1.04 bits per heavy atom. The molecule has 0 saturated heterocycles. The quantitative estimate of drug-likeness (QED) is 0.880. The van der Waals surface area contributed by atoms with E-state index in [-0.39, 0.29) is 5.25 Å². The van der Waals surface area contributed by atoms with Crippen molar-refractivity contribution in [2.24, 2.45) is 0 Å². The zero-order chi connectivity index (χ0) is 17.4. The first-order valence-corrected chi connectivity index (χ1v) is 11.8. The SMILES string of the molecule is CS(=O)(=O)N1CCCc2ccc(NS(=O)(=O)C3CCCCC3)cc21. The molecule has 1 fully saturated rings. The van der Waals surface area contributed by atoms with Gasteiger partial charge in [-0.05, 0) is 43.4 Å². The highest BCUT2D eigenvalue weighted by molar-refractivity contribution is 7.93. The van der Waals surface area contributed by atoms with Crippen LogP contribution >= 0.6 is 0 Å². The first-order valence-electron chi connectivity index (χ1n) is 8.40. The minimum Gasteiger partial charge on any atom is -0.283 e. The first-order chi connectivity index (χ1) is 11.3. The minimum absolute atomic E-state index is 0.353. The highest BCUT2D eigenvalue weighted by Crippen LogP contribution is 2.33. The molecule has 2 aliphatic rings. The summed E-state index contributed by atoms with van der Waals surface area (Å²) >= 11 is 0. The number of benzene rings is 1. The molecule has 3 rings (SSSR count). The molecule has 0 spiro atoms. The number of rotatable bonds is 4. The number of nitrogens with one attached hydrogen (secondary N) is 1. The standard InChI is InChI=1S/C16H24N2O4S2/c1-23(19,20)18-11-5-6-13-9-10-14(12-16(13)18)17-24(21,22)15-7-3-2-4-8-15/h9-10,12,15,17H,2-8,11H2,1H3. The summed E-state index contributed by atoms with van der Waals surface area (Å²) in [7, 11) is -6.80. The topological polar surface area (TPSA) is 83.6 Å². The molecule has 0 unspecified atom stereocenters. The summed E-state index contributed by atoms with van der Waals surface area (Å²) in [4.78, 5) is 0. The maximum absolute atomic E-state index is 12.6. The van der Waals surface area contributed by atoms with Gasteiger partial charge in [-0.25, -0.2) is 16.8 Å². The molecule has 0 amide bonds. The number of anilines is 2. The molecule has 8 heteroatoms. The van der Waals surface area contributed by atoms with Crippen LogP contribution in [0.25, 0.3) is 0 Å². The molecule has 6 nitrogen and oxygen atoms in total. The van der Waals surface area contributed by atoms with E-state index >= 15 is 0 Å². The largest absolute Gasteiger partial charge is 0.283 e. The number of aryl methyl sites for hydroxylation is 1. The number of hydrogen-bond donors (Lipinski definition) is 1. The summed E-state index contributed by atoms with van der Waals surface area (Å²) < 4.78 is 53.1. The normalized spacial score (nSPS) is 19.8. The van der Waals surface area contributed by atoms with Crippen molar-refractivity contribution in [2.45, 2.75) is 50.2 Å². The number of hydrogen-bond acceptors (Lipinski definition) is 4. The molecule has 1 aromatic rings. The zero-order valence-corrected chi connectivity index (χ0v) is 15.5. The molecule has 0 radical (unpaired) electrons.